The maximum atomic E-state index is 14.5. The van der Waals surface area contributed by atoms with Gasteiger partial charge in [-0.1, -0.05) is 31.4 Å². The molecule has 1 saturated carbocycles. The molecule has 0 saturated heterocycles. The number of ether oxygens (including phenoxy) is 2. The first-order chi connectivity index (χ1) is 13.9. The van der Waals surface area contributed by atoms with E-state index in [1.165, 1.54) is 44.1 Å². The highest BCUT2D eigenvalue weighted by molar-refractivity contribution is 5.32. The SMILES string of the molecule is CCCC1CCC(C2=CCC(OC(F)(F)c3ccc(OC)c(F)c3F)CC2)CC1. The topological polar surface area (TPSA) is 18.5 Å². The first-order valence-electron chi connectivity index (χ1n) is 10.6. The van der Waals surface area contributed by atoms with Gasteiger partial charge in [0.1, 0.15) is 0 Å². The van der Waals surface area contributed by atoms with Gasteiger partial charge in [-0.2, -0.15) is 13.2 Å². The summed E-state index contributed by atoms with van der Waals surface area (Å²) < 4.78 is 66.4. The number of rotatable bonds is 7. The highest BCUT2D eigenvalue weighted by Crippen LogP contribution is 2.41. The third-order valence-electron chi connectivity index (χ3n) is 6.36. The zero-order valence-electron chi connectivity index (χ0n) is 17.2. The summed E-state index contributed by atoms with van der Waals surface area (Å²) in [7, 11) is 1.15. The van der Waals surface area contributed by atoms with Crippen LogP contribution in [0.2, 0.25) is 0 Å². The molecule has 0 aromatic heterocycles. The number of allylic oxidation sites excluding steroid dienone is 1. The smallest absolute Gasteiger partial charge is 0.386 e. The molecule has 0 radical (unpaired) electrons. The van der Waals surface area contributed by atoms with Crippen LogP contribution in [0, 0.1) is 23.5 Å². The maximum Gasteiger partial charge on any atom is 0.386 e. The van der Waals surface area contributed by atoms with Crippen molar-refractivity contribution in [3.05, 3.63) is 41.0 Å². The Balaban J connectivity index is 1.59. The predicted octanol–water partition coefficient (Wildman–Crippen LogP) is 7.12. The molecular formula is C23H30F4O2. The number of halogens is 4. The standard InChI is InChI=1S/C23H30F4O2/c1-3-4-15-5-7-16(8-6-15)17-9-11-18(12-10-17)29-23(26,27)19-13-14-20(28-2)22(25)21(19)24/h9,13-16,18H,3-8,10-12H2,1-2H3. The molecule has 6 heteroatoms. The fourth-order valence-corrected chi connectivity index (χ4v) is 4.73. The summed E-state index contributed by atoms with van der Waals surface area (Å²) in [4.78, 5) is 0. The van der Waals surface area contributed by atoms with Gasteiger partial charge in [0.15, 0.2) is 11.6 Å². The Kier molecular flexibility index (Phi) is 7.25. The van der Waals surface area contributed by atoms with E-state index in [1.807, 2.05) is 6.08 Å². The van der Waals surface area contributed by atoms with Crippen molar-refractivity contribution < 1.29 is 27.0 Å². The Bertz CT molecular complexity index is 724. The quantitative estimate of drug-likeness (QED) is 0.349. The number of hydrogen-bond donors (Lipinski definition) is 0. The molecule has 162 valence electrons. The molecule has 1 aromatic carbocycles. The van der Waals surface area contributed by atoms with E-state index in [2.05, 4.69) is 11.7 Å². The van der Waals surface area contributed by atoms with Crippen molar-refractivity contribution in [2.45, 2.75) is 76.9 Å². The summed E-state index contributed by atoms with van der Waals surface area (Å²) in [5.41, 5.74) is 0.254. The maximum absolute atomic E-state index is 14.5. The summed E-state index contributed by atoms with van der Waals surface area (Å²) in [6.07, 6.45) is 6.35. The van der Waals surface area contributed by atoms with Crippen LogP contribution in [-0.2, 0) is 10.8 Å². The van der Waals surface area contributed by atoms with E-state index in [0.717, 1.165) is 31.6 Å². The number of benzene rings is 1. The Morgan fingerprint density at radius 1 is 1.03 bits per heavy atom. The molecule has 2 aliphatic rings. The molecule has 0 heterocycles. The monoisotopic (exact) mass is 414 g/mol. The average Bonchev–Trinajstić information content (AvgIpc) is 2.71. The van der Waals surface area contributed by atoms with Gasteiger partial charge in [0.2, 0.25) is 5.82 Å². The molecule has 0 amide bonds. The van der Waals surface area contributed by atoms with E-state index in [0.29, 0.717) is 18.8 Å². The van der Waals surface area contributed by atoms with Crippen molar-refractivity contribution in [3.63, 3.8) is 0 Å². The molecule has 1 fully saturated rings. The first-order valence-corrected chi connectivity index (χ1v) is 10.6. The minimum atomic E-state index is -3.90. The van der Waals surface area contributed by atoms with Crippen molar-refractivity contribution in [1.82, 2.24) is 0 Å². The lowest BCUT2D eigenvalue weighted by Gasteiger charge is -2.33. The first kappa shape index (κ1) is 22.1. The largest absolute Gasteiger partial charge is 0.494 e. The highest BCUT2D eigenvalue weighted by Gasteiger charge is 2.41. The fourth-order valence-electron chi connectivity index (χ4n) is 4.73. The average molecular weight is 414 g/mol. The van der Waals surface area contributed by atoms with E-state index in [9.17, 15) is 17.6 Å². The van der Waals surface area contributed by atoms with Gasteiger partial charge < -0.3 is 9.47 Å². The van der Waals surface area contributed by atoms with Gasteiger partial charge in [0.25, 0.3) is 0 Å². The number of hydrogen-bond acceptors (Lipinski definition) is 2. The van der Waals surface area contributed by atoms with Crippen LogP contribution < -0.4 is 4.74 Å². The van der Waals surface area contributed by atoms with Crippen LogP contribution in [0.25, 0.3) is 0 Å². The van der Waals surface area contributed by atoms with Crippen LogP contribution in [0.15, 0.2) is 23.8 Å². The minimum Gasteiger partial charge on any atom is -0.494 e. The van der Waals surface area contributed by atoms with Gasteiger partial charge in [0.05, 0.1) is 18.8 Å². The second-order valence-electron chi connectivity index (χ2n) is 8.26. The van der Waals surface area contributed by atoms with Gasteiger partial charge in [-0.3, -0.25) is 0 Å². The number of methoxy groups -OCH3 is 1. The summed E-state index contributed by atoms with van der Waals surface area (Å²) in [6.45, 7) is 2.22. The molecule has 0 N–H and O–H groups in total. The molecule has 0 spiro atoms. The Morgan fingerprint density at radius 2 is 1.76 bits per heavy atom. The number of alkyl halides is 2. The Morgan fingerprint density at radius 3 is 2.34 bits per heavy atom. The zero-order chi connectivity index (χ0) is 21.0. The fraction of sp³-hybridized carbons (Fsp3) is 0.652. The Hall–Kier alpha value is -1.56. The van der Waals surface area contributed by atoms with Gasteiger partial charge in [0, 0.05) is 0 Å². The summed E-state index contributed by atoms with van der Waals surface area (Å²) >= 11 is 0. The molecule has 29 heavy (non-hydrogen) atoms. The van der Waals surface area contributed by atoms with E-state index in [4.69, 9.17) is 4.74 Å². The summed E-state index contributed by atoms with van der Waals surface area (Å²) in [5.74, 6) is -2.10. The lowest BCUT2D eigenvalue weighted by Crippen LogP contribution is -2.29. The zero-order valence-corrected chi connectivity index (χ0v) is 17.2. The molecule has 3 rings (SSSR count). The second kappa shape index (κ2) is 9.50. The van der Waals surface area contributed by atoms with E-state index in [1.54, 1.807) is 0 Å². The lowest BCUT2D eigenvalue weighted by atomic mass is 9.74. The van der Waals surface area contributed by atoms with Crippen LogP contribution in [-0.4, -0.2) is 13.2 Å². The summed E-state index contributed by atoms with van der Waals surface area (Å²) in [6, 6.07) is 1.80. The minimum absolute atomic E-state index is 0.375. The highest BCUT2D eigenvalue weighted by atomic mass is 19.3. The Labute approximate surface area is 170 Å². The van der Waals surface area contributed by atoms with Gasteiger partial charge in [-0.25, -0.2) is 4.39 Å². The third-order valence-corrected chi connectivity index (χ3v) is 6.36. The van der Waals surface area contributed by atoms with E-state index < -0.39 is 35.2 Å². The summed E-state index contributed by atoms with van der Waals surface area (Å²) in [5, 5.41) is 0. The molecule has 1 atom stereocenters. The van der Waals surface area contributed by atoms with E-state index in [-0.39, 0.29) is 0 Å². The van der Waals surface area contributed by atoms with Crippen LogP contribution >= 0.6 is 0 Å². The molecule has 2 nitrogen and oxygen atoms in total. The molecule has 1 unspecified atom stereocenters. The van der Waals surface area contributed by atoms with Crippen molar-refractivity contribution >= 4 is 0 Å². The molecule has 0 aliphatic heterocycles. The van der Waals surface area contributed by atoms with Crippen LogP contribution in [0.1, 0.15) is 70.3 Å². The predicted molar refractivity (Wildman–Crippen MR) is 104 cm³/mol. The molecule has 1 aromatic rings. The lowest BCUT2D eigenvalue weighted by molar-refractivity contribution is -0.275. The van der Waals surface area contributed by atoms with Gasteiger partial charge >= 0.3 is 6.11 Å². The third kappa shape index (κ3) is 5.14. The normalized spacial score (nSPS) is 25.6. The van der Waals surface area contributed by atoms with Crippen LogP contribution in [0.4, 0.5) is 17.6 Å². The van der Waals surface area contributed by atoms with Crippen molar-refractivity contribution in [3.8, 4) is 5.75 Å². The van der Waals surface area contributed by atoms with E-state index >= 15 is 0 Å². The van der Waals surface area contributed by atoms with Crippen LogP contribution in [0.5, 0.6) is 5.75 Å². The molecule has 0 bridgehead atoms. The van der Waals surface area contributed by atoms with Gasteiger partial charge in [-0.15, -0.1) is 0 Å². The van der Waals surface area contributed by atoms with Crippen molar-refractivity contribution in [2.75, 3.05) is 7.11 Å². The molecule has 2 aliphatic carbocycles. The molecular weight excluding hydrogens is 384 g/mol. The van der Waals surface area contributed by atoms with Crippen molar-refractivity contribution in [1.29, 1.82) is 0 Å². The van der Waals surface area contributed by atoms with Crippen molar-refractivity contribution in [2.24, 2.45) is 11.8 Å². The van der Waals surface area contributed by atoms with Crippen LogP contribution in [0.3, 0.4) is 0 Å². The second-order valence-corrected chi connectivity index (χ2v) is 8.26. The van der Waals surface area contributed by atoms with Gasteiger partial charge in [-0.05, 0) is 68.9 Å².